The van der Waals surface area contributed by atoms with Crippen molar-refractivity contribution in [2.75, 3.05) is 20.2 Å². The number of aliphatic hydroxyl groups is 4. The fourth-order valence-electron chi connectivity index (χ4n) is 11.2. The Bertz CT molecular complexity index is 1680. The van der Waals surface area contributed by atoms with Crippen molar-refractivity contribution in [1.29, 1.82) is 0 Å². The molecule has 8 heteroatoms. The number of aromatic nitrogens is 1. The number of allylic oxidation sites excluding steroid dienone is 4. The molecule has 6 aliphatic rings. The van der Waals surface area contributed by atoms with Crippen LogP contribution in [0.4, 0.5) is 0 Å². The zero-order valence-electron chi connectivity index (χ0n) is 26.5. The van der Waals surface area contributed by atoms with E-state index in [2.05, 4.69) is 74.9 Å². The Hall–Kier alpha value is -3.35. The Labute approximate surface area is 270 Å². The van der Waals surface area contributed by atoms with Gasteiger partial charge in [0, 0.05) is 61.5 Å². The number of fused-ring (bicyclic) bond motifs is 2. The van der Waals surface area contributed by atoms with Gasteiger partial charge >= 0.3 is 0 Å². The quantitative estimate of drug-likeness (QED) is 0.0835. The van der Waals surface area contributed by atoms with E-state index < -0.39 is 28.8 Å². The van der Waals surface area contributed by atoms with Crippen LogP contribution in [0.5, 0.6) is 0 Å². The van der Waals surface area contributed by atoms with E-state index in [-0.39, 0.29) is 48.5 Å². The number of rotatable bonds is 7. The first-order valence-corrected chi connectivity index (χ1v) is 17.1. The molecule has 0 radical (unpaired) electrons. The monoisotopic (exact) mass is 622 g/mol. The van der Waals surface area contributed by atoms with Gasteiger partial charge in [-0.25, -0.2) is 0 Å². The molecule has 0 aliphatic heterocycles. The first kappa shape index (κ1) is 30.0. The summed E-state index contributed by atoms with van der Waals surface area (Å²) in [6.07, 6.45) is 9.84. The van der Waals surface area contributed by atoms with Crippen molar-refractivity contribution < 1.29 is 20.4 Å². The molecule has 3 fully saturated rings. The molecule has 8 rings (SSSR count). The van der Waals surface area contributed by atoms with Gasteiger partial charge in [0.2, 0.25) is 0 Å². The highest BCUT2D eigenvalue weighted by atomic mass is 16.3. The molecule has 1 heterocycles. The summed E-state index contributed by atoms with van der Waals surface area (Å²) >= 11 is 0. The van der Waals surface area contributed by atoms with Gasteiger partial charge in [0.15, 0.2) is 5.96 Å². The van der Waals surface area contributed by atoms with Crippen molar-refractivity contribution in [3.63, 3.8) is 0 Å². The summed E-state index contributed by atoms with van der Waals surface area (Å²) < 4.78 is 0. The van der Waals surface area contributed by atoms with Gasteiger partial charge in [0.05, 0.1) is 23.3 Å². The number of aliphatic imine (C=N–C) groups is 1. The van der Waals surface area contributed by atoms with Crippen LogP contribution in [0.3, 0.4) is 0 Å². The molecule has 0 spiro atoms. The van der Waals surface area contributed by atoms with E-state index in [1.807, 2.05) is 6.07 Å². The molecule has 1 aromatic carbocycles. The minimum atomic E-state index is -1.46. The standard InChI is InChI=1S/C38H46N4O4/c1-22(18-27-19-24-6-3-4-7-31(24)41-27)38-25-9-8-23-14-15-36(45)28(33(23)38)12-13-29(38)34-30(36)20-32(44)37(34,46)21-26(11-10-25)42-35(39-2)40-16-5-17-43/h3-4,6-9,14,19,25-26,28-30,32-34,41,43-46H,1,5,12-13,15-18,20-21H2,2H3,(H2,39,40,42). The molecule has 7 N–H and O–H groups in total. The Balaban J connectivity index is 1.29. The summed E-state index contributed by atoms with van der Waals surface area (Å²) in [4.78, 5) is 8.02. The first-order valence-electron chi connectivity index (χ1n) is 17.1. The number of hydrogen-bond donors (Lipinski definition) is 7. The van der Waals surface area contributed by atoms with Crippen LogP contribution < -0.4 is 10.6 Å². The minimum Gasteiger partial charge on any atom is -0.396 e. The summed E-state index contributed by atoms with van der Waals surface area (Å²) in [6.45, 7) is 5.52. The fourth-order valence-corrected chi connectivity index (χ4v) is 11.2. The average Bonchev–Trinajstić information content (AvgIpc) is 3.53. The number of aromatic amines is 1. The van der Waals surface area contributed by atoms with Gasteiger partial charge in [-0.15, -0.1) is 0 Å². The molecule has 11 atom stereocenters. The number of para-hydroxylation sites is 1. The molecule has 0 amide bonds. The highest BCUT2D eigenvalue weighted by Crippen LogP contribution is 2.74. The lowest BCUT2D eigenvalue weighted by atomic mass is 9.43. The van der Waals surface area contributed by atoms with E-state index in [4.69, 9.17) is 6.58 Å². The van der Waals surface area contributed by atoms with Gasteiger partial charge in [-0.1, -0.05) is 60.4 Å². The molecular formula is C38H46N4O4. The predicted molar refractivity (Wildman–Crippen MR) is 178 cm³/mol. The van der Waals surface area contributed by atoms with Crippen LogP contribution in [-0.4, -0.2) is 74.9 Å². The SMILES string of the molecule is C=C(Cc1cc2ccccc2[nH]1)C12C3C#CC(NC(=NC)NCCCO)CC4(O)C(O)CC5C4C1CCC1C2C(=CCC51O)C=C3. The molecule has 6 aliphatic carbocycles. The highest BCUT2D eigenvalue weighted by molar-refractivity contribution is 5.81. The van der Waals surface area contributed by atoms with Crippen molar-refractivity contribution in [1.82, 2.24) is 15.6 Å². The Morgan fingerprint density at radius 3 is 2.76 bits per heavy atom. The maximum atomic E-state index is 12.9. The van der Waals surface area contributed by atoms with Gasteiger partial charge in [-0.05, 0) is 78.9 Å². The molecule has 46 heavy (non-hydrogen) atoms. The zero-order chi connectivity index (χ0) is 31.8. The third-order valence-electron chi connectivity index (χ3n) is 12.8. The molecule has 1 aromatic heterocycles. The number of nitrogens with one attached hydrogen (secondary N) is 3. The summed E-state index contributed by atoms with van der Waals surface area (Å²) in [6, 6.07) is 10.0. The second-order valence-corrected chi connectivity index (χ2v) is 14.7. The Kier molecular flexibility index (Phi) is 7.08. The largest absolute Gasteiger partial charge is 0.396 e. The minimum absolute atomic E-state index is 0.00455. The lowest BCUT2D eigenvalue weighted by molar-refractivity contribution is -0.128. The van der Waals surface area contributed by atoms with Crippen LogP contribution in [0.1, 0.15) is 44.2 Å². The van der Waals surface area contributed by atoms with E-state index in [1.165, 1.54) is 11.0 Å². The number of aliphatic hydroxyl groups excluding tert-OH is 2. The van der Waals surface area contributed by atoms with Crippen LogP contribution in [0.2, 0.25) is 0 Å². The van der Waals surface area contributed by atoms with E-state index in [0.29, 0.717) is 38.2 Å². The Morgan fingerprint density at radius 1 is 1.13 bits per heavy atom. The number of nitrogens with zero attached hydrogens (tertiary/aromatic N) is 1. The molecule has 242 valence electrons. The van der Waals surface area contributed by atoms with Crippen LogP contribution in [0.15, 0.2) is 71.3 Å². The first-order chi connectivity index (χ1) is 22.2. The number of benzene rings is 1. The van der Waals surface area contributed by atoms with Gasteiger partial charge < -0.3 is 36.0 Å². The molecule has 11 unspecified atom stereocenters. The predicted octanol–water partition coefficient (Wildman–Crippen LogP) is 3.21. The van der Waals surface area contributed by atoms with Crippen molar-refractivity contribution in [2.45, 2.75) is 68.3 Å². The lowest BCUT2D eigenvalue weighted by Crippen LogP contribution is -2.59. The van der Waals surface area contributed by atoms with E-state index in [9.17, 15) is 20.4 Å². The van der Waals surface area contributed by atoms with Gasteiger partial charge in [-0.3, -0.25) is 4.99 Å². The van der Waals surface area contributed by atoms with Crippen molar-refractivity contribution in [2.24, 2.45) is 45.9 Å². The molecule has 8 nitrogen and oxygen atoms in total. The van der Waals surface area contributed by atoms with E-state index >= 15 is 0 Å². The third kappa shape index (κ3) is 4.11. The summed E-state index contributed by atoms with van der Waals surface area (Å²) in [5.74, 6) is 7.06. The van der Waals surface area contributed by atoms with Crippen molar-refractivity contribution in [3.8, 4) is 11.8 Å². The van der Waals surface area contributed by atoms with Crippen molar-refractivity contribution >= 4 is 16.9 Å². The number of hydrogen-bond acceptors (Lipinski definition) is 5. The van der Waals surface area contributed by atoms with E-state index in [0.717, 1.165) is 29.6 Å². The summed E-state index contributed by atoms with van der Waals surface area (Å²) in [5, 5.41) is 54.7. The zero-order valence-corrected chi connectivity index (χ0v) is 26.5. The van der Waals surface area contributed by atoms with Gasteiger partial charge in [-0.2, -0.15) is 0 Å². The van der Waals surface area contributed by atoms with Crippen LogP contribution in [0.25, 0.3) is 10.9 Å². The average molecular weight is 623 g/mol. The molecule has 0 saturated heterocycles. The topological polar surface area (TPSA) is 133 Å². The highest BCUT2D eigenvalue weighted by Gasteiger charge is 2.75. The molecule has 6 bridgehead atoms. The van der Waals surface area contributed by atoms with Crippen LogP contribution >= 0.6 is 0 Å². The fraction of sp³-hybridized carbons (Fsp3) is 0.553. The second-order valence-electron chi connectivity index (χ2n) is 14.7. The number of H-pyrrole nitrogens is 1. The maximum Gasteiger partial charge on any atom is 0.191 e. The van der Waals surface area contributed by atoms with Crippen LogP contribution in [0, 0.1) is 52.8 Å². The van der Waals surface area contributed by atoms with Crippen LogP contribution in [-0.2, 0) is 6.42 Å². The normalized spacial score (nSPS) is 41.6. The van der Waals surface area contributed by atoms with Gasteiger partial charge in [0.1, 0.15) is 0 Å². The maximum absolute atomic E-state index is 12.9. The van der Waals surface area contributed by atoms with Crippen molar-refractivity contribution in [3.05, 3.63) is 72.0 Å². The smallest absolute Gasteiger partial charge is 0.191 e. The second kappa shape index (κ2) is 10.8. The molecule has 3 saturated carbocycles. The summed E-state index contributed by atoms with van der Waals surface area (Å²) in [5.41, 5.74) is 1.56. The molecule has 2 aromatic rings. The number of guanidine groups is 1. The van der Waals surface area contributed by atoms with E-state index in [1.54, 1.807) is 7.05 Å². The lowest BCUT2D eigenvalue weighted by Gasteiger charge is -2.61. The Morgan fingerprint density at radius 2 is 1.96 bits per heavy atom. The van der Waals surface area contributed by atoms with Gasteiger partial charge in [0.25, 0.3) is 0 Å². The molecular weight excluding hydrogens is 576 g/mol. The summed E-state index contributed by atoms with van der Waals surface area (Å²) in [7, 11) is 1.69. The third-order valence-corrected chi connectivity index (χ3v) is 12.8.